The number of ether oxygens (including phenoxy) is 1. The lowest BCUT2D eigenvalue weighted by atomic mass is 10.0. The molecule has 1 N–H and O–H groups in total. The second kappa shape index (κ2) is 4.42. The first kappa shape index (κ1) is 11.2. The van der Waals surface area contributed by atoms with Crippen LogP contribution in [0.25, 0.3) is 22.0 Å². The van der Waals surface area contributed by atoms with E-state index in [0.29, 0.717) is 11.4 Å². The lowest BCUT2D eigenvalue weighted by Gasteiger charge is -2.08. The summed E-state index contributed by atoms with van der Waals surface area (Å²) in [6.07, 6.45) is 0. The molecule has 0 fully saturated rings. The second-order valence-electron chi connectivity index (χ2n) is 4.01. The molecule has 92 valence electrons. The van der Waals surface area contributed by atoms with E-state index >= 15 is 0 Å². The summed E-state index contributed by atoms with van der Waals surface area (Å²) in [6, 6.07) is 13.7. The van der Waals surface area contributed by atoms with Crippen LogP contribution in [0.1, 0.15) is 5.69 Å². The van der Waals surface area contributed by atoms with E-state index in [1.54, 1.807) is 7.11 Å². The Hall–Kier alpha value is -2.87. The number of aromatic amines is 1. The molecule has 0 aliphatic heterocycles. The van der Waals surface area contributed by atoms with Gasteiger partial charge in [0.25, 0.3) is 0 Å². The van der Waals surface area contributed by atoms with Crippen LogP contribution in [0.15, 0.2) is 36.4 Å². The van der Waals surface area contributed by atoms with Crippen LogP contribution in [0, 0.1) is 11.3 Å². The zero-order chi connectivity index (χ0) is 13.2. The van der Waals surface area contributed by atoms with E-state index in [1.165, 1.54) is 0 Å². The SMILES string of the molecule is COc1ccc(-c2nn[nH]c2C#N)c2ccccc12. The molecule has 3 rings (SSSR count). The minimum atomic E-state index is 0.357. The zero-order valence-electron chi connectivity index (χ0n) is 10.2. The van der Waals surface area contributed by atoms with Gasteiger partial charge < -0.3 is 4.74 Å². The van der Waals surface area contributed by atoms with Crippen molar-refractivity contribution in [3.63, 3.8) is 0 Å². The Morgan fingerprint density at radius 3 is 2.68 bits per heavy atom. The van der Waals surface area contributed by atoms with Gasteiger partial charge in [-0.15, -0.1) is 5.10 Å². The van der Waals surface area contributed by atoms with Crippen molar-refractivity contribution < 1.29 is 4.74 Å². The molecule has 1 heterocycles. The summed E-state index contributed by atoms with van der Waals surface area (Å²) < 4.78 is 5.35. The zero-order valence-corrected chi connectivity index (χ0v) is 10.2. The van der Waals surface area contributed by atoms with Gasteiger partial charge in [0.2, 0.25) is 0 Å². The third kappa shape index (κ3) is 1.70. The Kier molecular flexibility index (Phi) is 2.62. The van der Waals surface area contributed by atoms with Crippen LogP contribution in [-0.4, -0.2) is 22.5 Å². The number of aromatic nitrogens is 3. The number of nitriles is 1. The molecular formula is C14H10N4O. The lowest BCUT2D eigenvalue weighted by molar-refractivity contribution is 0.420. The highest BCUT2D eigenvalue weighted by molar-refractivity contribution is 5.99. The molecular weight excluding hydrogens is 240 g/mol. The summed E-state index contributed by atoms with van der Waals surface area (Å²) in [5.74, 6) is 0.793. The first-order chi connectivity index (χ1) is 9.35. The Balaban J connectivity index is 2.35. The van der Waals surface area contributed by atoms with E-state index < -0.39 is 0 Å². The Bertz CT molecular complexity index is 785. The Morgan fingerprint density at radius 2 is 1.95 bits per heavy atom. The van der Waals surface area contributed by atoms with E-state index in [-0.39, 0.29) is 0 Å². The van der Waals surface area contributed by atoms with Crippen LogP contribution >= 0.6 is 0 Å². The molecule has 5 nitrogen and oxygen atoms in total. The van der Waals surface area contributed by atoms with Crippen LogP contribution in [0.4, 0.5) is 0 Å². The van der Waals surface area contributed by atoms with Crippen molar-refractivity contribution in [1.29, 1.82) is 5.26 Å². The third-order valence-electron chi connectivity index (χ3n) is 3.02. The first-order valence-electron chi connectivity index (χ1n) is 5.72. The number of hydrogen-bond acceptors (Lipinski definition) is 4. The average Bonchev–Trinajstić information content (AvgIpc) is 2.94. The molecule has 1 aromatic heterocycles. The van der Waals surface area contributed by atoms with E-state index in [9.17, 15) is 0 Å². The van der Waals surface area contributed by atoms with E-state index in [1.807, 2.05) is 36.4 Å². The highest BCUT2D eigenvalue weighted by Crippen LogP contribution is 2.34. The Labute approximate surface area is 109 Å². The predicted octanol–water partition coefficient (Wildman–Crippen LogP) is 2.51. The number of nitrogens with zero attached hydrogens (tertiary/aromatic N) is 3. The molecule has 19 heavy (non-hydrogen) atoms. The van der Waals surface area contributed by atoms with Gasteiger partial charge in [0.05, 0.1) is 7.11 Å². The minimum Gasteiger partial charge on any atom is -0.496 e. The largest absolute Gasteiger partial charge is 0.496 e. The summed E-state index contributed by atoms with van der Waals surface area (Å²) in [6.45, 7) is 0. The number of fused-ring (bicyclic) bond motifs is 1. The number of hydrogen-bond donors (Lipinski definition) is 1. The van der Waals surface area contributed by atoms with Gasteiger partial charge in [0.15, 0.2) is 5.69 Å². The van der Waals surface area contributed by atoms with Crippen molar-refractivity contribution in [2.45, 2.75) is 0 Å². The highest BCUT2D eigenvalue weighted by Gasteiger charge is 2.14. The summed E-state index contributed by atoms with van der Waals surface area (Å²) in [5.41, 5.74) is 1.78. The van der Waals surface area contributed by atoms with E-state index in [4.69, 9.17) is 10.00 Å². The number of H-pyrrole nitrogens is 1. The predicted molar refractivity (Wildman–Crippen MR) is 70.6 cm³/mol. The smallest absolute Gasteiger partial charge is 0.163 e. The van der Waals surface area contributed by atoms with Gasteiger partial charge in [0, 0.05) is 10.9 Å². The number of methoxy groups -OCH3 is 1. The van der Waals surface area contributed by atoms with Crippen molar-refractivity contribution in [1.82, 2.24) is 15.4 Å². The molecule has 0 spiro atoms. The van der Waals surface area contributed by atoms with Crippen LogP contribution in [0.3, 0.4) is 0 Å². The van der Waals surface area contributed by atoms with Crippen molar-refractivity contribution in [3.05, 3.63) is 42.1 Å². The van der Waals surface area contributed by atoms with Crippen LogP contribution < -0.4 is 4.74 Å². The number of rotatable bonds is 2. The van der Waals surface area contributed by atoms with Crippen LogP contribution in [-0.2, 0) is 0 Å². The molecule has 0 amide bonds. The fourth-order valence-electron chi connectivity index (χ4n) is 2.15. The maximum Gasteiger partial charge on any atom is 0.163 e. The topological polar surface area (TPSA) is 74.6 Å². The molecule has 0 bridgehead atoms. The summed E-state index contributed by atoms with van der Waals surface area (Å²) in [5, 5.41) is 21.3. The molecule has 3 aromatic rings. The molecule has 5 heteroatoms. The van der Waals surface area contributed by atoms with Crippen molar-refractivity contribution in [2.24, 2.45) is 0 Å². The molecule has 0 aliphatic carbocycles. The van der Waals surface area contributed by atoms with E-state index in [2.05, 4.69) is 21.5 Å². The first-order valence-corrected chi connectivity index (χ1v) is 5.72. The molecule has 0 saturated heterocycles. The summed E-state index contributed by atoms with van der Waals surface area (Å²) in [4.78, 5) is 0. The molecule has 0 radical (unpaired) electrons. The normalized spacial score (nSPS) is 10.3. The molecule has 2 aromatic carbocycles. The lowest BCUT2D eigenvalue weighted by Crippen LogP contribution is -1.89. The standard InChI is InChI=1S/C14H10N4O/c1-19-13-7-6-11(9-4-2-3-5-10(9)13)14-12(8-15)16-18-17-14/h2-7H,1H3,(H,16,17,18). The highest BCUT2D eigenvalue weighted by atomic mass is 16.5. The van der Waals surface area contributed by atoms with Gasteiger partial charge in [-0.25, -0.2) is 5.10 Å². The van der Waals surface area contributed by atoms with Crippen molar-refractivity contribution >= 4 is 10.8 Å². The summed E-state index contributed by atoms with van der Waals surface area (Å²) >= 11 is 0. The van der Waals surface area contributed by atoms with Gasteiger partial charge >= 0.3 is 0 Å². The quantitative estimate of drug-likeness (QED) is 0.758. The van der Waals surface area contributed by atoms with Crippen molar-refractivity contribution in [3.8, 4) is 23.1 Å². The minimum absolute atomic E-state index is 0.357. The van der Waals surface area contributed by atoms with E-state index in [0.717, 1.165) is 22.1 Å². The second-order valence-corrected chi connectivity index (χ2v) is 4.01. The Morgan fingerprint density at radius 1 is 1.16 bits per heavy atom. The third-order valence-corrected chi connectivity index (χ3v) is 3.02. The monoisotopic (exact) mass is 250 g/mol. The van der Waals surface area contributed by atoms with Crippen LogP contribution in [0.2, 0.25) is 0 Å². The molecule has 0 unspecified atom stereocenters. The van der Waals surface area contributed by atoms with Gasteiger partial charge in [0.1, 0.15) is 17.5 Å². The summed E-state index contributed by atoms with van der Waals surface area (Å²) in [7, 11) is 1.64. The maximum absolute atomic E-state index is 9.06. The van der Waals surface area contributed by atoms with Crippen molar-refractivity contribution in [2.75, 3.05) is 7.11 Å². The fraction of sp³-hybridized carbons (Fsp3) is 0.0714. The molecule has 0 aliphatic rings. The van der Waals surface area contributed by atoms with Gasteiger partial charge in [-0.05, 0) is 17.5 Å². The number of benzene rings is 2. The molecule has 0 atom stereocenters. The fourth-order valence-corrected chi connectivity index (χ4v) is 2.15. The molecule has 0 saturated carbocycles. The van der Waals surface area contributed by atoms with Gasteiger partial charge in [-0.2, -0.15) is 5.26 Å². The number of nitrogens with one attached hydrogen (secondary N) is 1. The average molecular weight is 250 g/mol. The van der Waals surface area contributed by atoms with Gasteiger partial charge in [-0.1, -0.05) is 29.5 Å². The maximum atomic E-state index is 9.06. The van der Waals surface area contributed by atoms with Crippen LogP contribution in [0.5, 0.6) is 5.75 Å². The van der Waals surface area contributed by atoms with Gasteiger partial charge in [-0.3, -0.25) is 0 Å².